The minimum atomic E-state index is -6.46. The number of nitrogens with one attached hydrogen (secondary N) is 1. The fourth-order valence-electron chi connectivity index (χ4n) is 1.78. The maximum atomic E-state index is 12.3. The number of hydrogen-bond acceptors (Lipinski definition) is 4. The number of amides is 1. The van der Waals surface area contributed by atoms with Gasteiger partial charge in [0.15, 0.2) is 6.17 Å². The highest BCUT2D eigenvalue weighted by Gasteiger charge is 2.77. The Morgan fingerprint density at radius 2 is 1.45 bits per heavy atom. The van der Waals surface area contributed by atoms with Crippen molar-refractivity contribution in [3.05, 3.63) is 0 Å². The van der Waals surface area contributed by atoms with Crippen LogP contribution < -0.4 is 10.4 Å². The lowest BCUT2D eigenvalue weighted by Crippen LogP contribution is -2.60. The summed E-state index contributed by atoms with van der Waals surface area (Å²) in [4.78, 5) is 21.8. The maximum Gasteiger partial charge on any atom is 0.380 e. The molecule has 0 aliphatic carbocycles. The molecule has 0 aromatic rings. The third kappa shape index (κ3) is 10.2. The average Bonchev–Trinajstić information content (AvgIpc) is 2.56. The molecule has 0 saturated carbocycles. The lowest BCUT2D eigenvalue weighted by atomic mass is 10.0. The first-order chi connectivity index (χ1) is 13.8. The third-order valence-electron chi connectivity index (χ3n) is 3.37. The number of carbonyl (C=O) groups excluding carboxylic acids is 2. The number of hydrogen-bond donors (Lipinski definition) is 1. The van der Waals surface area contributed by atoms with Crippen molar-refractivity contribution >= 4 is 23.6 Å². The van der Waals surface area contributed by atoms with Crippen LogP contribution in [-0.2, 0) is 9.59 Å². The standard InChI is InChI=1S/C10H18FNO3S.C6H5F9/c1-10(2,7-9(14)15)12-8(13)3-5-16-6-4-11;1-2(7)4(10,11)6(14,15)5(12,13)3(8)9/h3-7H2,1-2H3,(H,12,13)(H,14,15);2-3H,1H3/p-1. The zero-order valence-corrected chi connectivity index (χ0v) is 17.4. The summed E-state index contributed by atoms with van der Waals surface area (Å²) >= 11 is 1.36. The summed E-state index contributed by atoms with van der Waals surface area (Å²) in [5, 5.41) is 13.0. The first kappa shape index (κ1) is 31.8. The van der Waals surface area contributed by atoms with E-state index < -0.39 is 48.5 Å². The molecule has 0 radical (unpaired) electrons. The lowest BCUT2D eigenvalue weighted by Gasteiger charge is -2.32. The SMILES string of the molecule is CC(C)(CC(=O)[O-])NC(=O)CCSCCF.CC(F)C(F)(F)C(F)(F)C(F)(F)C(F)F. The summed E-state index contributed by atoms with van der Waals surface area (Å²) in [5.41, 5.74) is -0.805. The van der Waals surface area contributed by atoms with Gasteiger partial charge in [-0.1, -0.05) is 0 Å². The van der Waals surface area contributed by atoms with Crippen LogP contribution in [0, 0.1) is 0 Å². The van der Waals surface area contributed by atoms with Crippen molar-refractivity contribution in [2.75, 3.05) is 18.2 Å². The molecule has 31 heavy (non-hydrogen) atoms. The Bertz CT molecular complexity index is 552. The Kier molecular flexibility index (Phi) is 12.9. The van der Waals surface area contributed by atoms with Crippen LogP contribution in [0.25, 0.3) is 0 Å². The molecule has 4 nitrogen and oxygen atoms in total. The second-order valence-electron chi connectivity index (χ2n) is 6.77. The highest BCUT2D eigenvalue weighted by atomic mass is 32.2. The number of thioether (sulfide) groups is 1. The third-order valence-corrected chi connectivity index (χ3v) is 4.31. The molecule has 0 saturated heterocycles. The van der Waals surface area contributed by atoms with Crippen LogP contribution in [0.2, 0.25) is 0 Å². The van der Waals surface area contributed by atoms with E-state index in [1.54, 1.807) is 13.8 Å². The molecule has 0 aliphatic heterocycles. The van der Waals surface area contributed by atoms with Crippen LogP contribution in [0.3, 0.4) is 0 Å². The maximum absolute atomic E-state index is 12.3. The van der Waals surface area contributed by atoms with E-state index in [4.69, 9.17) is 0 Å². The van der Waals surface area contributed by atoms with E-state index in [1.807, 2.05) is 0 Å². The van der Waals surface area contributed by atoms with Crippen molar-refractivity contribution in [3.8, 4) is 0 Å². The summed E-state index contributed by atoms with van der Waals surface area (Å²) in [6, 6.07) is 0. The average molecular weight is 498 g/mol. The first-order valence-corrected chi connectivity index (χ1v) is 9.62. The van der Waals surface area contributed by atoms with Crippen LogP contribution >= 0.6 is 11.8 Å². The van der Waals surface area contributed by atoms with Gasteiger partial charge in [0.2, 0.25) is 5.91 Å². The summed E-state index contributed by atoms with van der Waals surface area (Å²) in [7, 11) is 0. The number of carbonyl (C=O) groups is 2. The van der Waals surface area contributed by atoms with Crippen LogP contribution in [0.5, 0.6) is 0 Å². The van der Waals surface area contributed by atoms with Gasteiger partial charge in [-0.05, 0) is 20.8 Å². The molecule has 0 fully saturated rings. The Morgan fingerprint density at radius 3 is 1.81 bits per heavy atom. The van der Waals surface area contributed by atoms with Gasteiger partial charge in [-0.15, -0.1) is 0 Å². The fourth-order valence-corrected chi connectivity index (χ4v) is 2.42. The van der Waals surface area contributed by atoms with Crippen molar-refractivity contribution < 1.29 is 58.6 Å². The molecule has 1 unspecified atom stereocenters. The number of halogens is 10. The number of rotatable bonds is 12. The topological polar surface area (TPSA) is 69.2 Å². The Labute approximate surface area is 176 Å². The Morgan fingerprint density at radius 1 is 0.968 bits per heavy atom. The van der Waals surface area contributed by atoms with Crippen molar-refractivity contribution in [3.63, 3.8) is 0 Å². The van der Waals surface area contributed by atoms with E-state index in [1.165, 1.54) is 11.8 Å². The largest absolute Gasteiger partial charge is 0.550 e. The number of carboxylic acids is 1. The normalized spacial score (nSPS) is 14.0. The predicted octanol–water partition coefficient (Wildman–Crippen LogP) is 3.63. The fraction of sp³-hybridized carbons (Fsp3) is 0.875. The first-order valence-electron chi connectivity index (χ1n) is 8.46. The van der Waals surface area contributed by atoms with Gasteiger partial charge >= 0.3 is 24.2 Å². The molecule has 0 spiro atoms. The molecule has 1 atom stereocenters. The summed E-state index contributed by atoms with van der Waals surface area (Å²) in [6.07, 6.45) is -8.66. The van der Waals surface area contributed by atoms with Crippen LogP contribution in [0.4, 0.5) is 43.9 Å². The van der Waals surface area contributed by atoms with Gasteiger partial charge in [-0.3, -0.25) is 9.18 Å². The van der Waals surface area contributed by atoms with E-state index >= 15 is 0 Å². The predicted molar refractivity (Wildman–Crippen MR) is 91.2 cm³/mol. The molecule has 0 bridgehead atoms. The summed E-state index contributed by atoms with van der Waals surface area (Å²) in [6.45, 7) is 2.71. The number of aliphatic carboxylic acids is 1. The van der Waals surface area contributed by atoms with Crippen molar-refractivity contribution in [2.24, 2.45) is 0 Å². The van der Waals surface area contributed by atoms with E-state index in [2.05, 4.69) is 5.32 Å². The van der Waals surface area contributed by atoms with Gasteiger partial charge in [-0.25, -0.2) is 13.2 Å². The Hall–Kier alpha value is -1.41. The molecule has 0 aliphatic rings. The van der Waals surface area contributed by atoms with Crippen LogP contribution in [-0.4, -0.2) is 66.0 Å². The van der Waals surface area contributed by atoms with Gasteiger partial charge < -0.3 is 15.2 Å². The van der Waals surface area contributed by atoms with Crippen LogP contribution in [0.15, 0.2) is 0 Å². The van der Waals surface area contributed by atoms with Crippen molar-refractivity contribution in [1.29, 1.82) is 0 Å². The monoisotopic (exact) mass is 498 g/mol. The molecule has 0 aromatic heterocycles. The number of alkyl halides is 10. The molecule has 1 amide bonds. The van der Waals surface area contributed by atoms with E-state index in [-0.39, 0.29) is 25.7 Å². The highest BCUT2D eigenvalue weighted by Crippen LogP contribution is 2.50. The van der Waals surface area contributed by atoms with Gasteiger partial charge in [0.05, 0.1) is 6.67 Å². The van der Waals surface area contributed by atoms with Crippen LogP contribution in [0.1, 0.15) is 33.6 Å². The molecular weight excluding hydrogens is 476 g/mol. The molecule has 1 N–H and O–H groups in total. The molecule has 186 valence electrons. The zero-order valence-electron chi connectivity index (χ0n) is 16.6. The van der Waals surface area contributed by atoms with Crippen molar-refractivity contribution in [1.82, 2.24) is 5.32 Å². The van der Waals surface area contributed by atoms with E-state index in [0.717, 1.165) is 0 Å². The van der Waals surface area contributed by atoms with Gasteiger partial charge in [0.25, 0.3) is 0 Å². The second kappa shape index (κ2) is 12.6. The molecule has 0 heterocycles. The lowest BCUT2D eigenvalue weighted by molar-refractivity contribution is -0.349. The molecule has 15 heteroatoms. The summed E-state index contributed by atoms with van der Waals surface area (Å²) in [5.74, 6) is -19.1. The quantitative estimate of drug-likeness (QED) is 0.330. The highest BCUT2D eigenvalue weighted by molar-refractivity contribution is 7.99. The number of carboxylic acid groups (broad SMARTS) is 1. The van der Waals surface area contributed by atoms with Crippen molar-refractivity contribution in [2.45, 2.75) is 69.5 Å². The minimum Gasteiger partial charge on any atom is -0.550 e. The molecular formula is C16H22F10NO3S-. The smallest absolute Gasteiger partial charge is 0.380 e. The summed E-state index contributed by atoms with van der Waals surface area (Å²) < 4.78 is 120. The van der Waals surface area contributed by atoms with E-state index in [9.17, 15) is 58.6 Å². The van der Waals surface area contributed by atoms with Gasteiger partial charge in [0.1, 0.15) is 0 Å². The second-order valence-corrected chi connectivity index (χ2v) is 7.99. The molecule has 0 aromatic carbocycles. The minimum absolute atomic E-state index is 0.130. The molecule has 0 rings (SSSR count). The van der Waals surface area contributed by atoms with Gasteiger partial charge in [-0.2, -0.15) is 38.1 Å². The van der Waals surface area contributed by atoms with Gasteiger partial charge in [0, 0.05) is 35.9 Å². The Balaban J connectivity index is 0. The zero-order chi connectivity index (χ0) is 25.3. The van der Waals surface area contributed by atoms with E-state index in [0.29, 0.717) is 11.5 Å².